The van der Waals surface area contributed by atoms with E-state index in [0.717, 1.165) is 28.1 Å². The Morgan fingerprint density at radius 1 is 1.32 bits per heavy atom. The molecule has 0 saturated heterocycles. The summed E-state index contributed by atoms with van der Waals surface area (Å²) in [5, 5.41) is 0. The third-order valence-corrected chi connectivity index (χ3v) is 3.86. The first kappa shape index (κ1) is 12.4. The maximum absolute atomic E-state index is 6.03. The van der Waals surface area contributed by atoms with Crippen LogP contribution in [0.25, 0.3) is 0 Å². The van der Waals surface area contributed by atoms with Crippen molar-refractivity contribution in [3.63, 3.8) is 0 Å². The van der Waals surface area contributed by atoms with Crippen molar-refractivity contribution in [1.29, 1.82) is 0 Å². The number of nitrogen functional groups attached to an aromatic ring is 1. The summed E-state index contributed by atoms with van der Waals surface area (Å²) >= 11 is 3.53. The van der Waals surface area contributed by atoms with Gasteiger partial charge in [0.05, 0.1) is 4.47 Å². The summed E-state index contributed by atoms with van der Waals surface area (Å²) in [5.41, 5.74) is 8.00. The van der Waals surface area contributed by atoms with E-state index in [0.29, 0.717) is 6.04 Å². The lowest BCUT2D eigenvalue weighted by Gasteiger charge is -2.25. The average Bonchev–Trinajstić information content (AvgIpc) is 3.23. The summed E-state index contributed by atoms with van der Waals surface area (Å²) in [6.07, 6.45) is 5.79. The monoisotopic (exact) mass is 318 g/mol. The van der Waals surface area contributed by atoms with Gasteiger partial charge in [-0.15, -0.1) is 0 Å². The number of anilines is 2. The first-order chi connectivity index (χ1) is 9.25. The molecule has 1 aromatic carbocycles. The van der Waals surface area contributed by atoms with Gasteiger partial charge < -0.3 is 10.6 Å². The van der Waals surface area contributed by atoms with Gasteiger partial charge in [-0.2, -0.15) is 0 Å². The lowest BCUT2D eigenvalue weighted by Crippen LogP contribution is -2.26. The molecule has 0 bridgehead atoms. The average molecular weight is 319 g/mol. The highest BCUT2D eigenvalue weighted by Crippen LogP contribution is 2.35. The Hall–Kier alpha value is -1.62. The van der Waals surface area contributed by atoms with E-state index in [1.54, 1.807) is 12.5 Å². The minimum Gasteiger partial charge on any atom is -0.398 e. The fraction of sp³-hybridized carbons (Fsp3) is 0.286. The standard InChI is InChI=1S/C14H15BrN4/c15-12-7-17-9-18-14(12)19(11-5-6-11)8-10-3-1-2-4-13(10)16/h1-4,7,9,11H,5-6,8,16H2. The Morgan fingerprint density at radius 3 is 2.79 bits per heavy atom. The van der Waals surface area contributed by atoms with Crippen molar-refractivity contribution in [2.24, 2.45) is 0 Å². The van der Waals surface area contributed by atoms with Crippen LogP contribution in [0.2, 0.25) is 0 Å². The van der Waals surface area contributed by atoms with Crippen molar-refractivity contribution >= 4 is 27.4 Å². The molecule has 1 saturated carbocycles. The molecule has 2 aromatic rings. The molecule has 0 unspecified atom stereocenters. The van der Waals surface area contributed by atoms with E-state index in [-0.39, 0.29) is 0 Å². The van der Waals surface area contributed by atoms with Crippen LogP contribution in [0, 0.1) is 0 Å². The second-order valence-corrected chi connectivity index (χ2v) is 5.61. The first-order valence-corrected chi connectivity index (χ1v) is 7.10. The zero-order valence-corrected chi connectivity index (χ0v) is 12.0. The van der Waals surface area contributed by atoms with E-state index in [9.17, 15) is 0 Å². The summed E-state index contributed by atoms with van der Waals surface area (Å²) in [7, 11) is 0. The van der Waals surface area contributed by atoms with Crippen LogP contribution < -0.4 is 10.6 Å². The molecule has 0 spiro atoms. The molecule has 0 amide bonds. The molecular weight excluding hydrogens is 304 g/mol. The largest absolute Gasteiger partial charge is 0.398 e. The lowest BCUT2D eigenvalue weighted by atomic mass is 10.1. The summed E-state index contributed by atoms with van der Waals surface area (Å²) in [5.74, 6) is 0.945. The molecule has 1 aliphatic carbocycles. The number of hydrogen-bond acceptors (Lipinski definition) is 4. The topological polar surface area (TPSA) is 55.0 Å². The van der Waals surface area contributed by atoms with Crippen LogP contribution in [0.5, 0.6) is 0 Å². The van der Waals surface area contributed by atoms with Crippen molar-refractivity contribution in [3.05, 3.63) is 46.8 Å². The normalized spacial score (nSPS) is 14.4. The van der Waals surface area contributed by atoms with Gasteiger partial charge in [-0.1, -0.05) is 18.2 Å². The van der Waals surface area contributed by atoms with Crippen LogP contribution >= 0.6 is 15.9 Å². The predicted molar refractivity (Wildman–Crippen MR) is 79.8 cm³/mol. The van der Waals surface area contributed by atoms with Crippen molar-refractivity contribution in [1.82, 2.24) is 9.97 Å². The van der Waals surface area contributed by atoms with Gasteiger partial charge in [0.2, 0.25) is 0 Å². The number of hydrogen-bond donors (Lipinski definition) is 1. The quantitative estimate of drug-likeness (QED) is 0.880. The molecule has 2 N–H and O–H groups in total. The van der Waals surface area contributed by atoms with Crippen LogP contribution in [0.15, 0.2) is 41.3 Å². The molecule has 0 atom stereocenters. The Balaban J connectivity index is 1.91. The smallest absolute Gasteiger partial charge is 0.146 e. The number of para-hydroxylation sites is 1. The minimum atomic E-state index is 0.561. The van der Waals surface area contributed by atoms with Crippen molar-refractivity contribution < 1.29 is 0 Å². The fourth-order valence-electron chi connectivity index (χ4n) is 2.14. The molecule has 1 aromatic heterocycles. The van der Waals surface area contributed by atoms with E-state index in [4.69, 9.17) is 5.73 Å². The number of rotatable bonds is 4. The van der Waals surface area contributed by atoms with Crippen molar-refractivity contribution in [3.8, 4) is 0 Å². The Bertz CT molecular complexity index is 583. The maximum atomic E-state index is 6.03. The van der Waals surface area contributed by atoms with Gasteiger partial charge >= 0.3 is 0 Å². The molecule has 1 heterocycles. The van der Waals surface area contributed by atoms with E-state index < -0.39 is 0 Å². The summed E-state index contributed by atoms with van der Waals surface area (Å²) in [6, 6.07) is 8.55. The third-order valence-electron chi connectivity index (χ3n) is 3.30. The molecule has 5 heteroatoms. The van der Waals surface area contributed by atoms with Crippen LogP contribution in [-0.2, 0) is 6.54 Å². The first-order valence-electron chi connectivity index (χ1n) is 6.31. The molecule has 19 heavy (non-hydrogen) atoms. The SMILES string of the molecule is Nc1ccccc1CN(c1ncncc1Br)C1CC1. The second kappa shape index (κ2) is 5.17. The van der Waals surface area contributed by atoms with Gasteiger partial charge in [-0.25, -0.2) is 9.97 Å². The second-order valence-electron chi connectivity index (χ2n) is 4.75. The van der Waals surface area contributed by atoms with Gasteiger partial charge in [-0.3, -0.25) is 0 Å². The molecule has 98 valence electrons. The summed E-state index contributed by atoms with van der Waals surface area (Å²) in [4.78, 5) is 10.7. The van der Waals surface area contributed by atoms with Gasteiger partial charge in [0.1, 0.15) is 12.1 Å². The van der Waals surface area contributed by atoms with Crippen LogP contribution in [-0.4, -0.2) is 16.0 Å². The Labute approximate surface area is 120 Å². The van der Waals surface area contributed by atoms with E-state index >= 15 is 0 Å². The lowest BCUT2D eigenvalue weighted by molar-refractivity contribution is 0.773. The molecule has 0 aliphatic heterocycles. The van der Waals surface area contributed by atoms with Crippen molar-refractivity contribution in [2.45, 2.75) is 25.4 Å². The summed E-state index contributed by atoms with van der Waals surface area (Å²) in [6.45, 7) is 0.785. The third kappa shape index (κ3) is 2.71. The minimum absolute atomic E-state index is 0.561. The molecular formula is C14H15BrN4. The number of aromatic nitrogens is 2. The van der Waals surface area contributed by atoms with Gasteiger partial charge in [-0.05, 0) is 40.4 Å². The fourth-order valence-corrected chi connectivity index (χ4v) is 2.59. The molecule has 3 rings (SSSR count). The van der Waals surface area contributed by atoms with E-state index in [2.05, 4.69) is 36.9 Å². The van der Waals surface area contributed by atoms with Crippen LogP contribution in [0.4, 0.5) is 11.5 Å². The Morgan fingerprint density at radius 2 is 2.11 bits per heavy atom. The molecule has 1 aliphatic rings. The number of halogens is 1. The highest BCUT2D eigenvalue weighted by Gasteiger charge is 2.31. The molecule has 0 radical (unpaired) electrons. The van der Waals surface area contributed by atoms with Crippen LogP contribution in [0.1, 0.15) is 18.4 Å². The zero-order chi connectivity index (χ0) is 13.2. The van der Waals surface area contributed by atoms with Crippen LogP contribution in [0.3, 0.4) is 0 Å². The molecule has 4 nitrogen and oxygen atoms in total. The highest BCUT2D eigenvalue weighted by molar-refractivity contribution is 9.10. The van der Waals surface area contributed by atoms with Gasteiger partial charge in [0.15, 0.2) is 0 Å². The zero-order valence-electron chi connectivity index (χ0n) is 10.5. The van der Waals surface area contributed by atoms with Crippen molar-refractivity contribution in [2.75, 3.05) is 10.6 Å². The molecule has 1 fully saturated rings. The van der Waals surface area contributed by atoms with Gasteiger partial charge in [0, 0.05) is 24.5 Å². The van der Waals surface area contributed by atoms with E-state index in [1.807, 2.05) is 18.2 Å². The maximum Gasteiger partial charge on any atom is 0.146 e. The van der Waals surface area contributed by atoms with E-state index in [1.165, 1.54) is 12.8 Å². The Kier molecular flexibility index (Phi) is 3.38. The number of nitrogens with two attached hydrogens (primary N) is 1. The predicted octanol–water partition coefficient (Wildman–Crippen LogP) is 2.99. The summed E-state index contributed by atoms with van der Waals surface area (Å²) < 4.78 is 0.927. The number of benzene rings is 1. The van der Waals surface area contributed by atoms with Gasteiger partial charge in [0.25, 0.3) is 0 Å². The number of nitrogens with zero attached hydrogens (tertiary/aromatic N) is 3. The highest BCUT2D eigenvalue weighted by atomic mass is 79.9.